The molecule has 0 aliphatic carbocycles. The normalized spacial score (nSPS) is 18.0. The van der Waals surface area contributed by atoms with E-state index in [1.165, 1.54) is 13.8 Å². The Balaban J connectivity index is 1.57. The van der Waals surface area contributed by atoms with Crippen LogP contribution < -0.4 is 21.3 Å². The van der Waals surface area contributed by atoms with Crippen molar-refractivity contribution >= 4 is 47.8 Å². The van der Waals surface area contributed by atoms with Crippen LogP contribution in [0.2, 0.25) is 0 Å². The van der Waals surface area contributed by atoms with E-state index in [1.807, 2.05) is 0 Å². The highest BCUT2D eigenvalue weighted by Gasteiger charge is 2.26. The van der Waals surface area contributed by atoms with Gasteiger partial charge in [-0.05, 0) is 65.2 Å². The largest absolute Gasteiger partial charge is 0.462 e. The van der Waals surface area contributed by atoms with E-state index in [2.05, 4.69) is 34.4 Å². The molecule has 2 atom stereocenters. The fraction of sp³-hybridized carbons (Fsp3) is 0.700. The Morgan fingerprint density at radius 1 is 0.603 bits per heavy atom. The molecule has 0 aromatic heterocycles. The molecule has 0 aromatic carbocycles. The number of esters is 4. The molecule has 2 saturated heterocycles. The van der Waals surface area contributed by atoms with E-state index in [-0.39, 0.29) is 75.6 Å². The van der Waals surface area contributed by atoms with Crippen LogP contribution in [0.5, 0.6) is 0 Å². The van der Waals surface area contributed by atoms with Crippen LogP contribution in [0, 0.1) is 0 Å². The minimum absolute atomic E-state index is 0.0158. The molecule has 4 N–H and O–H groups in total. The number of rotatable bonds is 19. The Morgan fingerprint density at radius 2 is 0.983 bits per heavy atom. The summed E-state index contributed by atoms with van der Waals surface area (Å²) in [6.45, 7) is 11.8. The van der Waals surface area contributed by atoms with Crippen molar-refractivity contribution in [1.29, 1.82) is 0 Å². The lowest BCUT2D eigenvalue weighted by Crippen LogP contribution is -2.48. The van der Waals surface area contributed by atoms with Crippen LogP contribution in [0.4, 0.5) is 9.59 Å². The third-order valence-electron chi connectivity index (χ3n) is 9.41. The second-order valence-electron chi connectivity index (χ2n) is 14.4. The van der Waals surface area contributed by atoms with Crippen molar-refractivity contribution in [3.05, 3.63) is 24.3 Å². The molecule has 58 heavy (non-hydrogen) atoms. The van der Waals surface area contributed by atoms with Gasteiger partial charge in [0.15, 0.2) is 0 Å². The monoisotopic (exact) mass is 820 g/mol. The van der Waals surface area contributed by atoms with Crippen LogP contribution in [-0.4, -0.2) is 135 Å². The predicted molar refractivity (Wildman–Crippen MR) is 212 cm³/mol. The minimum Gasteiger partial charge on any atom is -0.462 e. The molecule has 2 fully saturated rings. The lowest BCUT2D eigenvalue weighted by atomic mass is 10.1. The molecule has 2 rings (SSSR count). The summed E-state index contributed by atoms with van der Waals surface area (Å²) in [5.41, 5.74) is 0.513. The molecule has 18 heteroatoms. The van der Waals surface area contributed by atoms with E-state index in [0.717, 1.165) is 38.5 Å². The van der Waals surface area contributed by atoms with E-state index >= 15 is 0 Å². The molecule has 0 aromatic rings. The number of hydrogen-bond donors (Lipinski definition) is 4. The molecule has 2 heterocycles. The summed E-state index contributed by atoms with van der Waals surface area (Å²) in [6, 6.07) is -2.80. The average molecular weight is 821 g/mol. The Bertz CT molecular complexity index is 1320. The SMILES string of the molecule is C=C(C)C(=O)OCCNC(=O)NC1CCCCN(C(=O)CCCCCCCCC(=O)N2CCCCC(NC(=O)NCCOC(=O)C(=C)C)C(=O)OCC2)CCOC1=O. The third-order valence-corrected chi connectivity index (χ3v) is 9.41. The van der Waals surface area contributed by atoms with Gasteiger partial charge in [-0.1, -0.05) is 38.8 Å². The number of ether oxygens (including phenoxy) is 4. The first-order valence-electron chi connectivity index (χ1n) is 20.4. The van der Waals surface area contributed by atoms with Gasteiger partial charge in [0.05, 0.1) is 26.2 Å². The summed E-state index contributed by atoms with van der Waals surface area (Å²) < 4.78 is 20.6. The first-order chi connectivity index (χ1) is 27.8. The second kappa shape index (κ2) is 28.3. The molecule has 0 saturated carbocycles. The van der Waals surface area contributed by atoms with Gasteiger partial charge in [-0.25, -0.2) is 28.8 Å². The van der Waals surface area contributed by atoms with Gasteiger partial charge < -0.3 is 50.0 Å². The quantitative estimate of drug-likeness (QED) is 0.0639. The van der Waals surface area contributed by atoms with Crippen LogP contribution in [-0.2, 0) is 47.7 Å². The van der Waals surface area contributed by atoms with E-state index in [4.69, 9.17) is 18.9 Å². The maximum Gasteiger partial charge on any atom is 0.333 e. The maximum atomic E-state index is 12.9. The molecule has 0 spiro atoms. The summed E-state index contributed by atoms with van der Waals surface area (Å²) in [5, 5.41) is 10.3. The zero-order valence-electron chi connectivity index (χ0n) is 34.3. The number of nitrogens with zero attached hydrogens (tertiary/aromatic N) is 2. The molecule has 2 unspecified atom stereocenters. The summed E-state index contributed by atoms with van der Waals surface area (Å²) in [5.74, 6) is -2.20. The van der Waals surface area contributed by atoms with E-state index in [1.54, 1.807) is 9.80 Å². The van der Waals surface area contributed by atoms with Gasteiger partial charge in [0.2, 0.25) is 11.8 Å². The highest BCUT2D eigenvalue weighted by molar-refractivity contribution is 5.87. The zero-order chi connectivity index (χ0) is 42.7. The predicted octanol–water partition coefficient (Wildman–Crippen LogP) is 2.79. The minimum atomic E-state index is -0.824. The van der Waals surface area contributed by atoms with Gasteiger partial charge in [-0.2, -0.15) is 0 Å². The third kappa shape index (κ3) is 20.8. The van der Waals surface area contributed by atoms with Crippen LogP contribution in [0.3, 0.4) is 0 Å². The summed E-state index contributed by atoms with van der Waals surface area (Å²) in [4.78, 5) is 102. The Morgan fingerprint density at radius 3 is 1.36 bits per heavy atom. The summed E-state index contributed by atoms with van der Waals surface area (Å²) >= 11 is 0. The van der Waals surface area contributed by atoms with Crippen molar-refractivity contribution in [3.63, 3.8) is 0 Å². The van der Waals surface area contributed by atoms with Crippen LogP contribution in [0.15, 0.2) is 24.3 Å². The van der Waals surface area contributed by atoms with Gasteiger partial charge in [0.25, 0.3) is 0 Å². The second-order valence-corrected chi connectivity index (χ2v) is 14.4. The first kappa shape index (κ1) is 49.0. The Kier molecular flexibility index (Phi) is 23.9. The van der Waals surface area contributed by atoms with Crippen LogP contribution in [0.25, 0.3) is 0 Å². The van der Waals surface area contributed by atoms with Gasteiger partial charge in [0.1, 0.15) is 38.5 Å². The number of amides is 6. The molecule has 326 valence electrons. The van der Waals surface area contributed by atoms with Gasteiger partial charge >= 0.3 is 35.9 Å². The van der Waals surface area contributed by atoms with Crippen molar-refractivity contribution in [3.8, 4) is 0 Å². The lowest BCUT2D eigenvalue weighted by molar-refractivity contribution is -0.149. The molecular weight excluding hydrogens is 756 g/mol. The average Bonchev–Trinajstić information content (AvgIpc) is 3.18. The zero-order valence-corrected chi connectivity index (χ0v) is 34.3. The fourth-order valence-corrected chi connectivity index (χ4v) is 6.09. The smallest absolute Gasteiger partial charge is 0.333 e. The van der Waals surface area contributed by atoms with Crippen molar-refractivity contribution < 1.29 is 57.3 Å². The van der Waals surface area contributed by atoms with Crippen molar-refractivity contribution in [1.82, 2.24) is 31.1 Å². The van der Waals surface area contributed by atoms with Gasteiger partial charge in [-0.3, -0.25) is 9.59 Å². The number of cyclic esters (lactones) is 2. The standard InChI is InChI=1S/C40H64N6O12/c1-29(2)35(49)55-25-19-41-39(53)43-31-15-11-13-21-45(23-27-57-37(31)51)33(47)17-9-7-5-6-8-10-18-34(48)46-22-14-12-16-32(38(52)58-28-24-46)44-40(54)42-20-26-56-36(50)30(3)4/h31-32H,1,3,5-28H2,2,4H3,(H2,41,43,53)(H2,42,44,54). The Labute approximate surface area is 341 Å². The molecular formula is C40H64N6O12. The van der Waals surface area contributed by atoms with E-state index < -0.39 is 48.0 Å². The lowest BCUT2D eigenvalue weighted by Gasteiger charge is -2.26. The molecule has 18 nitrogen and oxygen atoms in total. The number of unbranched alkanes of at least 4 members (excludes halogenated alkanes) is 5. The number of nitrogens with one attached hydrogen (secondary N) is 4. The molecule has 2 aliphatic heterocycles. The molecule has 6 amide bonds. The molecule has 2 aliphatic rings. The van der Waals surface area contributed by atoms with Crippen LogP contribution in [0.1, 0.15) is 104 Å². The number of urea groups is 2. The van der Waals surface area contributed by atoms with Crippen molar-refractivity contribution in [2.45, 2.75) is 116 Å². The fourth-order valence-electron chi connectivity index (χ4n) is 6.09. The maximum absolute atomic E-state index is 12.9. The van der Waals surface area contributed by atoms with E-state index in [9.17, 15) is 38.4 Å². The van der Waals surface area contributed by atoms with Gasteiger partial charge in [0, 0.05) is 37.1 Å². The molecule has 0 bridgehead atoms. The first-order valence-corrected chi connectivity index (χ1v) is 20.4. The highest BCUT2D eigenvalue weighted by Crippen LogP contribution is 2.14. The number of carbonyl (C=O) groups is 8. The summed E-state index contributed by atoms with van der Waals surface area (Å²) in [6.07, 6.45) is 9.21. The van der Waals surface area contributed by atoms with Crippen molar-refractivity contribution in [2.75, 3.05) is 65.7 Å². The molecule has 0 radical (unpaired) electrons. The number of carbonyl (C=O) groups excluding carboxylic acids is 8. The topological polar surface area (TPSA) is 228 Å². The summed E-state index contributed by atoms with van der Waals surface area (Å²) in [7, 11) is 0. The highest BCUT2D eigenvalue weighted by atomic mass is 16.5. The Hall–Kier alpha value is -5.16. The van der Waals surface area contributed by atoms with Crippen molar-refractivity contribution in [2.24, 2.45) is 0 Å². The van der Waals surface area contributed by atoms with Gasteiger partial charge in [-0.15, -0.1) is 0 Å². The van der Waals surface area contributed by atoms with E-state index in [0.29, 0.717) is 64.5 Å². The number of hydrogen-bond acceptors (Lipinski definition) is 12. The van der Waals surface area contributed by atoms with Crippen LogP contribution >= 0.6 is 0 Å².